The summed E-state index contributed by atoms with van der Waals surface area (Å²) in [6.07, 6.45) is 0.463. The topological polar surface area (TPSA) is 86.5 Å². The fourth-order valence-electron chi connectivity index (χ4n) is 1.69. The zero-order chi connectivity index (χ0) is 16.3. The number of hydrogen-bond acceptors (Lipinski definition) is 5. The highest BCUT2D eigenvalue weighted by molar-refractivity contribution is 6.31. The lowest BCUT2D eigenvalue weighted by atomic mass is 10.2. The van der Waals surface area contributed by atoms with E-state index in [9.17, 15) is 19.7 Å². The molecule has 0 aliphatic carbocycles. The Labute approximate surface area is 134 Å². The van der Waals surface area contributed by atoms with Gasteiger partial charge in [-0.3, -0.25) is 14.9 Å². The van der Waals surface area contributed by atoms with Gasteiger partial charge in [-0.2, -0.15) is 0 Å². The molecule has 112 valence electrons. The molecular weight excluding hydrogens is 333 g/mol. The van der Waals surface area contributed by atoms with Crippen molar-refractivity contribution in [3.63, 3.8) is 0 Å². The SMILES string of the molecule is O=Cc1cc(Cl)ccc1OC(=O)c1ccc(Cl)cc1[N+](=O)[O-]. The quantitative estimate of drug-likeness (QED) is 0.277. The van der Waals surface area contributed by atoms with Crippen molar-refractivity contribution in [2.45, 2.75) is 0 Å². The van der Waals surface area contributed by atoms with Crippen molar-refractivity contribution < 1.29 is 19.2 Å². The molecule has 0 heterocycles. The molecule has 0 atom stereocenters. The van der Waals surface area contributed by atoms with Crippen LogP contribution in [0.3, 0.4) is 0 Å². The van der Waals surface area contributed by atoms with E-state index in [2.05, 4.69) is 0 Å². The molecule has 0 amide bonds. The Hall–Kier alpha value is -2.44. The summed E-state index contributed by atoms with van der Waals surface area (Å²) in [6.45, 7) is 0. The number of carbonyl (C=O) groups is 2. The summed E-state index contributed by atoms with van der Waals surface area (Å²) in [4.78, 5) is 33.2. The van der Waals surface area contributed by atoms with Gasteiger partial charge in [0, 0.05) is 16.1 Å². The number of esters is 1. The molecule has 0 aliphatic heterocycles. The Morgan fingerprint density at radius 1 is 1.14 bits per heavy atom. The van der Waals surface area contributed by atoms with E-state index in [-0.39, 0.29) is 21.9 Å². The number of ether oxygens (including phenoxy) is 1. The van der Waals surface area contributed by atoms with Gasteiger partial charge in [0.1, 0.15) is 11.3 Å². The monoisotopic (exact) mass is 339 g/mol. The molecule has 0 bridgehead atoms. The van der Waals surface area contributed by atoms with Crippen LogP contribution in [0.5, 0.6) is 5.75 Å². The summed E-state index contributed by atoms with van der Waals surface area (Å²) >= 11 is 11.4. The number of benzene rings is 2. The number of hydrogen-bond donors (Lipinski definition) is 0. The highest BCUT2D eigenvalue weighted by atomic mass is 35.5. The summed E-state index contributed by atoms with van der Waals surface area (Å²) in [5, 5.41) is 11.4. The number of carbonyl (C=O) groups excluding carboxylic acids is 2. The smallest absolute Gasteiger partial charge is 0.350 e. The maximum Gasteiger partial charge on any atom is 0.350 e. The standard InChI is InChI=1S/C14H7Cl2NO5/c15-9-2-4-13(8(5-9)7-18)22-14(19)11-3-1-10(16)6-12(11)17(20)21/h1-7H. The molecular formula is C14H7Cl2NO5. The molecule has 8 heteroatoms. The molecule has 6 nitrogen and oxygen atoms in total. The van der Waals surface area contributed by atoms with Gasteiger partial charge in [0.2, 0.25) is 0 Å². The molecule has 0 aromatic heterocycles. The summed E-state index contributed by atoms with van der Waals surface area (Å²) < 4.78 is 5.03. The summed E-state index contributed by atoms with van der Waals surface area (Å²) in [5.74, 6) is -1.03. The molecule has 0 saturated carbocycles. The van der Waals surface area contributed by atoms with Gasteiger partial charge in [0.25, 0.3) is 5.69 Å². The second-order valence-electron chi connectivity index (χ2n) is 4.11. The molecule has 0 fully saturated rings. The van der Waals surface area contributed by atoms with Crippen molar-refractivity contribution in [1.82, 2.24) is 0 Å². The highest BCUT2D eigenvalue weighted by Crippen LogP contribution is 2.26. The predicted molar refractivity (Wildman–Crippen MR) is 79.9 cm³/mol. The third-order valence-electron chi connectivity index (χ3n) is 2.68. The van der Waals surface area contributed by atoms with Crippen LogP contribution in [0.25, 0.3) is 0 Å². The molecule has 0 N–H and O–H groups in total. The van der Waals surface area contributed by atoms with Crippen LogP contribution < -0.4 is 4.74 Å². The van der Waals surface area contributed by atoms with E-state index >= 15 is 0 Å². The van der Waals surface area contributed by atoms with Gasteiger partial charge in [-0.25, -0.2) is 4.79 Å². The molecule has 0 aliphatic rings. The van der Waals surface area contributed by atoms with Gasteiger partial charge < -0.3 is 4.74 Å². The molecule has 2 rings (SSSR count). The molecule has 22 heavy (non-hydrogen) atoms. The largest absolute Gasteiger partial charge is 0.422 e. The van der Waals surface area contributed by atoms with Crippen LogP contribution >= 0.6 is 23.2 Å². The zero-order valence-corrected chi connectivity index (χ0v) is 12.3. The van der Waals surface area contributed by atoms with Crippen molar-refractivity contribution in [2.75, 3.05) is 0 Å². The second-order valence-corrected chi connectivity index (χ2v) is 4.98. The minimum atomic E-state index is -0.978. The Balaban J connectivity index is 2.38. The van der Waals surface area contributed by atoms with Crippen molar-refractivity contribution in [2.24, 2.45) is 0 Å². The van der Waals surface area contributed by atoms with Gasteiger partial charge in [0.15, 0.2) is 6.29 Å². The molecule has 0 spiro atoms. The van der Waals surface area contributed by atoms with E-state index in [0.29, 0.717) is 11.3 Å². The normalized spacial score (nSPS) is 10.1. The maximum atomic E-state index is 12.1. The molecule has 0 saturated heterocycles. The zero-order valence-electron chi connectivity index (χ0n) is 10.8. The first-order valence-corrected chi connectivity index (χ1v) is 6.59. The fraction of sp³-hybridized carbons (Fsp3) is 0. The minimum absolute atomic E-state index is 0.0475. The van der Waals surface area contributed by atoms with E-state index in [1.165, 1.54) is 30.3 Å². The lowest BCUT2D eigenvalue weighted by molar-refractivity contribution is -0.385. The number of aldehydes is 1. The first-order valence-electron chi connectivity index (χ1n) is 5.83. The van der Waals surface area contributed by atoms with Gasteiger partial charge in [-0.15, -0.1) is 0 Å². The van der Waals surface area contributed by atoms with Crippen LogP contribution in [-0.2, 0) is 0 Å². The van der Waals surface area contributed by atoms with Crippen LogP contribution in [0.15, 0.2) is 36.4 Å². The number of halogens is 2. The first-order chi connectivity index (χ1) is 10.4. The highest BCUT2D eigenvalue weighted by Gasteiger charge is 2.23. The van der Waals surface area contributed by atoms with Gasteiger partial charge >= 0.3 is 5.97 Å². The predicted octanol–water partition coefficient (Wildman–Crippen LogP) is 3.93. The summed E-state index contributed by atoms with van der Waals surface area (Å²) in [6, 6.07) is 7.61. The minimum Gasteiger partial charge on any atom is -0.422 e. The van der Waals surface area contributed by atoms with E-state index in [1.807, 2.05) is 0 Å². The molecule has 2 aromatic rings. The van der Waals surface area contributed by atoms with E-state index in [1.54, 1.807) is 0 Å². The molecule has 0 radical (unpaired) electrons. The van der Waals surface area contributed by atoms with Crippen molar-refractivity contribution in [3.8, 4) is 5.75 Å². The van der Waals surface area contributed by atoms with Crippen molar-refractivity contribution >= 4 is 41.1 Å². The number of nitro benzene ring substituents is 1. The Morgan fingerprint density at radius 3 is 2.41 bits per heavy atom. The van der Waals surface area contributed by atoms with Gasteiger partial charge in [0.05, 0.1) is 10.5 Å². The van der Waals surface area contributed by atoms with Crippen LogP contribution in [0.1, 0.15) is 20.7 Å². The lowest BCUT2D eigenvalue weighted by Gasteiger charge is -2.07. The van der Waals surface area contributed by atoms with E-state index < -0.39 is 16.6 Å². The number of rotatable bonds is 4. The fourth-order valence-corrected chi connectivity index (χ4v) is 2.03. The average molecular weight is 340 g/mol. The molecule has 2 aromatic carbocycles. The summed E-state index contributed by atoms with van der Waals surface area (Å²) in [5.41, 5.74) is -0.710. The number of nitrogens with zero attached hydrogens (tertiary/aromatic N) is 1. The first kappa shape index (κ1) is 15.9. The van der Waals surface area contributed by atoms with Crippen molar-refractivity contribution in [3.05, 3.63) is 67.7 Å². The van der Waals surface area contributed by atoms with Crippen LogP contribution in [-0.4, -0.2) is 17.2 Å². The van der Waals surface area contributed by atoms with Crippen LogP contribution in [0, 0.1) is 10.1 Å². The van der Waals surface area contributed by atoms with E-state index in [4.69, 9.17) is 27.9 Å². The summed E-state index contributed by atoms with van der Waals surface area (Å²) in [7, 11) is 0. The third kappa shape index (κ3) is 3.41. The van der Waals surface area contributed by atoms with E-state index in [0.717, 1.165) is 6.07 Å². The lowest BCUT2D eigenvalue weighted by Crippen LogP contribution is -2.12. The molecule has 0 unspecified atom stereocenters. The van der Waals surface area contributed by atoms with Crippen LogP contribution in [0.2, 0.25) is 10.0 Å². The van der Waals surface area contributed by atoms with Gasteiger partial charge in [-0.05, 0) is 30.3 Å². The van der Waals surface area contributed by atoms with Crippen molar-refractivity contribution in [1.29, 1.82) is 0 Å². The maximum absolute atomic E-state index is 12.1. The third-order valence-corrected chi connectivity index (χ3v) is 3.15. The Kier molecular flexibility index (Phi) is 4.75. The average Bonchev–Trinajstić information content (AvgIpc) is 2.48. The second kappa shape index (κ2) is 6.55. The number of nitro groups is 1. The Morgan fingerprint density at radius 2 is 1.77 bits per heavy atom. The van der Waals surface area contributed by atoms with Crippen LogP contribution in [0.4, 0.5) is 5.69 Å². The Bertz CT molecular complexity index is 776. The van der Waals surface area contributed by atoms with Gasteiger partial charge in [-0.1, -0.05) is 23.2 Å².